The largest absolute Gasteiger partial charge is 0.399 e. The van der Waals surface area contributed by atoms with Gasteiger partial charge in [0.1, 0.15) is 12.0 Å². The molecule has 0 unspecified atom stereocenters. The van der Waals surface area contributed by atoms with Gasteiger partial charge in [0.2, 0.25) is 0 Å². The molecule has 1 aromatic heterocycles. The van der Waals surface area contributed by atoms with E-state index in [1.165, 1.54) is 0 Å². The van der Waals surface area contributed by atoms with Crippen LogP contribution in [0.1, 0.15) is 0 Å². The van der Waals surface area contributed by atoms with E-state index < -0.39 is 0 Å². The van der Waals surface area contributed by atoms with Crippen LogP contribution in [0.5, 0.6) is 0 Å². The first-order valence-corrected chi connectivity index (χ1v) is 5.70. The highest BCUT2D eigenvalue weighted by molar-refractivity contribution is 5.80. The Bertz CT molecular complexity index is 642. The Hall–Kier alpha value is -2.55. The molecule has 3 nitrogen and oxygen atoms in total. The molecule has 0 atom stereocenters. The molecule has 0 saturated heterocycles. The van der Waals surface area contributed by atoms with E-state index in [0.717, 1.165) is 28.1 Å². The van der Waals surface area contributed by atoms with Gasteiger partial charge in [-0.05, 0) is 17.7 Å². The number of anilines is 1. The number of benzene rings is 2. The third kappa shape index (κ3) is 1.86. The third-order valence-electron chi connectivity index (χ3n) is 2.84. The van der Waals surface area contributed by atoms with E-state index in [-0.39, 0.29) is 0 Å². The van der Waals surface area contributed by atoms with Gasteiger partial charge in [-0.3, -0.25) is 0 Å². The molecule has 0 radical (unpaired) electrons. The molecule has 18 heavy (non-hydrogen) atoms. The van der Waals surface area contributed by atoms with Crippen LogP contribution < -0.4 is 5.73 Å². The van der Waals surface area contributed by atoms with Crippen LogP contribution >= 0.6 is 0 Å². The second-order valence-electron chi connectivity index (χ2n) is 4.06. The van der Waals surface area contributed by atoms with Gasteiger partial charge in [-0.2, -0.15) is 0 Å². The lowest BCUT2D eigenvalue weighted by molar-refractivity contribution is 0.422. The molecule has 3 aromatic rings. The van der Waals surface area contributed by atoms with Crippen LogP contribution in [-0.4, -0.2) is 5.16 Å². The molecule has 0 saturated carbocycles. The molecule has 88 valence electrons. The van der Waals surface area contributed by atoms with Gasteiger partial charge in [0.25, 0.3) is 0 Å². The SMILES string of the molecule is Nc1ccc(-c2nocc2-c2ccccc2)cc1. The highest BCUT2D eigenvalue weighted by Gasteiger charge is 2.11. The number of nitrogen functional groups attached to an aromatic ring is 1. The van der Waals surface area contributed by atoms with Crippen molar-refractivity contribution in [1.29, 1.82) is 0 Å². The normalized spacial score (nSPS) is 10.4. The van der Waals surface area contributed by atoms with Gasteiger partial charge < -0.3 is 10.3 Å². The van der Waals surface area contributed by atoms with E-state index in [9.17, 15) is 0 Å². The lowest BCUT2D eigenvalue weighted by Crippen LogP contribution is -1.85. The van der Waals surface area contributed by atoms with Crippen molar-refractivity contribution in [2.75, 3.05) is 5.73 Å². The highest BCUT2D eigenvalue weighted by atomic mass is 16.5. The molecule has 0 amide bonds. The zero-order valence-electron chi connectivity index (χ0n) is 9.71. The molecule has 0 aliphatic heterocycles. The first-order valence-electron chi connectivity index (χ1n) is 5.70. The number of nitrogens with two attached hydrogens (primary N) is 1. The maximum absolute atomic E-state index is 5.69. The van der Waals surface area contributed by atoms with Crippen LogP contribution in [0.2, 0.25) is 0 Å². The summed E-state index contributed by atoms with van der Waals surface area (Å²) in [7, 11) is 0. The lowest BCUT2D eigenvalue weighted by Gasteiger charge is -2.01. The summed E-state index contributed by atoms with van der Waals surface area (Å²) in [5.74, 6) is 0. The second-order valence-corrected chi connectivity index (χ2v) is 4.06. The maximum atomic E-state index is 5.69. The molecule has 0 spiro atoms. The average molecular weight is 236 g/mol. The Kier molecular flexibility index (Phi) is 2.57. The number of rotatable bonds is 2. The summed E-state index contributed by atoms with van der Waals surface area (Å²) in [6, 6.07) is 17.7. The van der Waals surface area contributed by atoms with Crippen molar-refractivity contribution < 1.29 is 4.52 Å². The predicted octanol–water partition coefficient (Wildman–Crippen LogP) is 3.59. The highest BCUT2D eigenvalue weighted by Crippen LogP contribution is 2.31. The van der Waals surface area contributed by atoms with Gasteiger partial charge in [0, 0.05) is 16.8 Å². The summed E-state index contributed by atoms with van der Waals surface area (Å²) in [6.07, 6.45) is 1.67. The van der Waals surface area contributed by atoms with Crippen LogP contribution in [0, 0.1) is 0 Å². The van der Waals surface area contributed by atoms with Crippen molar-refractivity contribution in [3.8, 4) is 22.4 Å². The maximum Gasteiger partial charge on any atom is 0.132 e. The Labute approximate surface area is 105 Å². The number of hydrogen-bond donors (Lipinski definition) is 1. The molecule has 0 bridgehead atoms. The second kappa shape index (κ2) is 4.37. The topological polar surface area (TPSA) is 52.0 Å². The summed E-state index contributed by atoms with van der Waals surface area (Å²) in [6.45, 7) is 0. The lowest BCUT2D eigenvalue weighted by atomic mass is 10.0. The van der Waals surface area contributed by atoms with Crippen LogP contribution in [0.15, 0.2) is 65.4 Å². The molecule has 3 rings (SSSR count). The summed E-state index contributed by atoms with van der Waals surface area (Å²) in [5.41, 5.74) is 10.3. The van der Waals surface area contributed by atoms with Crippen molar-refractivity contribution in [2.24, 2.45) is 0 Å². The number of aromatic nitrogens is 1. The average Bonchev–Trinajstić information content (AvgIpc) is 2.90. The number of nitrogens with zero attached hydrogens (tertiary/aromatic N) is 1. The summed E-state index contributed by atoms with van der Waals surface area (Å²) in [5, 5.41) is 4.08. The monoisotopic (exact) mass is 236 g/mol. The van der Waals surface area contributed by atoms with Gasteiger partial charge in [0.05, 0.1) is 0 Å². The predicted molar refractivity (Wildman–Crippen MR) is 71.8 cm³/mol. The Morgan fingerprint density at radius 1 is 0.833 bits per heavy atom. The van der Waals surface area contributed by atoms with Crippen molar-refractivity contribution in [3.63, 3.8) is 0 Å². The van der Waals surface area contributed by atoms with Gasteiger partial charge >= 0.3 is 0 Å². The molecular formula is C15H12N2O. The van der Waals surface area contributed by atoms with Gasteiger partial charge in [-0.1, -0.05) is 47.6 Å². The standard InChI is InChI=1S/C15H12N2O/c16-13-8-6-12(7-9-13)15-14(10-18-17-15)11-4-2-1-3-5-11/h1-10H,16H2. The fourth-order valence-corrected chi connectivity index (χ4v) is 1.91. The minimum absolute atomic E-state index is 0.739. The van der Waals surface area contributed by atoms with Crippen molar-refractivity contribution >= 4 is 5.69 Å². The summed E-state index contributed by atoms with van der Waals surface area (Å²) >= 11 is 0. The molecular weight excluding hydrogens is 224 g/mol. The van der Waals surface area contributed by atoms with Crippen molar-refractivity contribution in [1.82, 2.24) is 5.16 Å². The van der Waals surface area contributed by atoms with E-state index in [1.807, 2.05) is 54.6 Å². The Morgan fingerprint density at radius 2 is 1.56 bits per heavy atom. The van der Waals surface area contributed by atoms with Crippen LogP contribution in [0.25, 0.3) is 22.4 Å². The van der Waals surface area contributed by atoms with Crippen molar-refractivity contribution in [2.45, 2.75) is 0 Å². The number of hydrogen-bond acceptors (Lipinski definition) is 3. The van der Waals surface area contributed by atoms with E-state index in [2.05, 4.69) is 5.16 Å². The molecule has 2 N–H and O–H groups in total. The first-order chi connectivity index (χ1) is 8.84. The smallest absolute Gasteiger partial charge is 0.132 e. The third-order valence-corrected chi connectivity index (χ3v) is 2.84. The molecule has 1 heterocycles. The van der Waals surface area contributed by atoms with Crippen LogP contribution in [0.3, 0.4) is 0 Å². The molecule has 3 heteroatoms. The van der Waals surface area contributed by atoms with E-state index in [1.54, 1.807) is 6.26 Å². The van der Waals surface area contributed by atoms with E-state index in [0.29, 0.717) is 0 Å². The van der Waals surface area contributed by atoms with Gasteiger partial charge in [-0.15, -0.1) is 0 Å². The zero-order valence-corrected chi connectivity index (χ0v) is 9.71. The van der Waals surface area contributed by atoms with Crippen molar-refractivity contribution in [3.05, 3.63) is 60.9 Å². The Balaban J connectivity index is 2.10. The van der Waals surface area contributed by atoms with Gasteiger partial charge in [0.15, 0.2) is 0 Å². The molecule has 2 aromatic carbocycles. The van der Waals surface area contributed by atoms with E-state index in [4.69, 9.17) is 10.3 Å². The van der Waals surface area contributed by atoms with Crippen LogP contribution in [0.4, 0.5) is 5.69 Å². The summed E-state index contributed by atoms with van der Waals surface area (Å²) < 4.78 is 5.10. The zero-order chi connectivity index (χ0) is 12.4. The quantitative estimate of drug-likeness (QED) is 0.692. The van der Waals surface area contributed by atoms with Gasteiger partial charge in [-0.25, -0.2) is 0 Å². The Morgan fingerprint density at radius 3 is 2.28 bits per heavy atom. The van der Waals surface area contributed by atoms with E-state index >= 15 is 0 Å². The fourth-order valence-electron chi connectivity index (χ4n) is 1.91. The minimum Gasteiger partial charge on any atom is -0.399 e. The van der Waals surface area contributed by atoms with Crippen LogP contribution in [-0.2, 0) is 0 Å². The first kappa shape index (κ1) is 10.6. The molecule has 0 fully saturated rings. The minimum atomic E-state index is 0.739. The molecule has 0 aliphatic rings. The molecule has 0 aliphatic carbocycles. The fraction of sp³-hybridized carbons (Fsp3) is 0. The summed E-state index contributed by atoms with van der Waals surface area (Å²) in [4.78, 5) is 0.